The van der Waals surface area contributed by atoms with Gasteiger partial charge in [0.1, 0.15) is 5.15 Å². The Morgan fingerprint density at radius 3 is 3.23 bits per heavy atom. The number of nitrogens with zero attached hydrogens (tertiary/aromatic N) is 1. The van der Waals surface area contributed by atoms with E-state index < -0.39 is 0 Å². The molecular formula is C9H11ClN2O. The van der Waals surface area contributed by atoms with Crippen LogP contribution >= 0.6 is 11.6 Å². The van der Waals surface area contributed by atoms with Gasteiger partial charge in [-0.05, 0) is 6.07 Å². The third-order valence-corrected chi connectivity index (χ3v) is 2.38. The summed E-state index contributed by atoms with van der Waals surface area (Å²) in [4.78, 5) is 4.01. The molecule has 0 amide bonds. The maximum atomic E-state index is 5.94. The van der Waals surface area contributed by atoms with Gasteiger partial charge in [0.25, 0.3) is 0 Å². The zero-order valence-corrected chi connectivity index (χ0v) is 7.92. The number of pyridine rings is 1. The van der Waals surface area contributed by atoms with Crippen molar-refractivity contribution in [2.45, 2.75) is 6.10 Å². The van der Waals surface area contributed by atoms with E-state index in [9.17, 15) is 0 Å². The van der Waals surface area contributed by atoms with Crippen LogP contribution in [0.25, 0.3) is 0 Å². The summed E-state index contributed by atoms with van der Waals surface area (Å²) in [5.41, 5.74) is 0.969. The Morgan fingerprint density at radius 2 is 2.54 bits per heavy atom. The lowest BCUT2D eigenvalue weighted by atomic mass is 10.1. The highest BCUT2D eigenvalue weighted by Gasteiger charge is 2.18. The van der Waals surface area contributed by atoms with Crippen LogP contribution in [0.2, 0.25) is 5.15 Å². The molecule has 1 aliphatic rings. The molecule has 1 N–H and O–H groups in total. The number of halogens is 1. The van der Waals surface area contributed by atoms with Crippen LogP contribution in [-0.2, 0) is 4.74 Å². The molecule has 3 nitrogen and oxygen atoms in total. The minimum atomic E-state index is 0.0509. The lowest BCUT2D eigenvalue weighted by molar-refractivity contribution is 0.0275. The van der Waals surface area contributed by atoms with E-state index in [1.807, 2.05) is 12.1 Å². The van der Waals surface area contributed by atoms with Crippen molar-refractivity contribution in [1.82, 2.24) is 10.3 Å². The van der Waals surface area contributed by atoms with Gasteiger partial charge in [0.2, 0.25) is 0 Å². The summed E-state index contributed by atoms with van der Waals surface area (Å²) in [6.07, 6.45) is 1.73. The number of nitrogens with one attached hydrogen (secondary N) is 1. The van der Waals surface area contributed by atoms with Crippen LogP contribution in [0.5, 0.6) is 0 Å². The van der Waals surface area contributed by atoms with E-state index in [1.54, 1.807) is 6.20 Å². The predicted molar refractivity (Wildman–Crippen MR) is 50.8 cm³/mol. The molecule has 1 atom stereocenters. The van der Waals surface area contributed by atoms with Crippen molar-refractivity contribution >= 4 is 11.6 Å². The van der Waals surface area contributed by atoms with Crippen molar-refractivity contribution in [3.05, 3.63) is 29.0 Å². The molecule has 1 fully saturated rings. The second-order valence-electron chi connectivity index (χ2n) is 2.95. The molecule has 0 bridgehead atoms. The summed E-state index contributed by atoms with van der Waals surface area (Å²) in [6, 6.07) is 3.83. The van der Waals surface area contributed by atoms with Crippen molar-refractivity contribution in [3.8, 4) is 0 Å². The van der Waals surface area contributed by atoms with Crippen LogP contribution in [0.1, 0.15) is 11.7 Å². The summed E-state index contributed by atoms with van der Waals surface area (Å²) in [5, 5.41) is 3.79. The molecule has 2 heterocycles. The molecule has 2 rings (SSSR count). The van der Waals surface area contributed by atoms with Crippen LogP contribution < -0.4 is 5.32 Å². The van der Waals surface area contributed by atoms with Gasteiger partial charge in [-0.15, -0.1) is 0 Å². The first-order valence-electron chi connectivity index (χ1n) is 4.30. The van der Waals surface area contributed by atoms with E-state index in [1.165, 1.54) is 0 Å². The topological polar surface area (TPSA) is 34.2 Å². The first-order valence-corrected chi connectivity index (χ1v) is 4.68. The molecule has 0 saturated carbocycles. The average molecular weight is 199 g/mol. The average Bonchev–Trinajstić information content (AvgIpc) is 2.20. The molecule has 1 aromatic rings. The van der Waals surface area contributed by atoms with Crippen LogP contribution in [0.4, 0.5) is 0 Å². The molecule has 0 spiro atoms. The van der Waals surface area contributed by atoms with Crippen LogP contribution in [0.3, 0.4) is 0 Å². The third-order valence-electron chi connectivity index (χ3n) is 2.06. The summed E-state index contributed by atoms with van der Waals surface area (Å²) in [5.74, 6) is 0. The van der Waals surface area contributed by atoms with Gasteiger partial charge >= 0.3 is 0 Å². The van der Waals surface area contributed by atoms with Gasteiger partial charge in [0.05, 0.1) is 12.7 Å². The molecule has 13 heavy (non-hydrogen) atoms. The molecule has 0 aliphatic carbocycles. The molecular weight excluding hydrogens is 188 g/mol. The zero-order chi connectivity index (χ0) is 9.10. The Balaban J connectivity index is 2.18. The Morgan fingerprint density at radius 1 is 1.62 bits per heavy atom. The summed E-state index contributed by atoms with van der Waals surface area (Å²) in [7, 11) is 0. The SMILES string of the molecule is Clc1ncccc1C1CNCCO1. The van der Waals surface area contributed by atoms with Crippen molar-refractivity contribution < 1.29 is 4.74 Å². The Labute approximate surface area is 82.1 Å². The Kier molecular flexibility index (Phi) is 2.78. The van der Waals surface area contributed by atoms with E-state index in [2.05, 4.69) is 10.3 Å². The van der Waals surface area contributed by atoms with Crippen LogP contribution in [-0.4, -0.2) is 24.7 Å². The highest BCUT2D eigenvalue weighted by molar-refractivity contribution is 6.30. The van der Waals surface area contributed by atoms with Gasteiger partial charge in [-0.1, -0.05) is 17.7 Å². The summed E-state index contributed by atoms with van der Waals surface area (Å²) < 4.78 is 5.56. The number of ether oxygens (including phenoxy) is 1. The lowest BCUT2D eigenvalue weighted by Crippen LogP contribution is -2.33. The first kappa shape index (κ1) is 8.94. The molecule has 1 saturated heterocycles. The summed E-state index contributed by atoms with van der Waals surface area (Å²) >= 11 is 5.94. The van der Waals surface area contributed by atoms with Crippen molar-refractivity contribution in [2.24, 2.45) is 0 Å². The van der Waals surface area contributed by atoms with Crippen LogP contribution in [0.15, 0.2) is 18.3 Å². The largest absolute Gasteiger partial charge is 0.371 e. The van der Waals surface area contributed by atoms with E-state index in [0.29, 0.717) is 5.15 Å². The smallest absolute Gasteiger partial charge is 0.134 e. The van der Waals surface area contributed by atoms with Crippen molar-refractivity contribution in [3.63, 3.8) is 0 Å². The van der Waals surface area contributed by atoms with Gasteiger partial charge in [-0.25, -0.2) is 4.98 Å². The normalized spacial score (nSPS) is 23.0. The Bertz CT molecular complexity index is 287. The quantitative estimate of drug-likeness (QED) is 0.693. The maximum absolute atomic E-state index is 5.94. The fraction of sp³-hybridized carbons (Fsp3) is 0.444. The molecule has 0 radical (unpaired) electrons. The fourth-order valence-corrected chi connectivity index (χ4v) is 1.64. The third kappa shape index (κ3) is 1.99. The molecule has 1 unspecified atom stereocenters. The number of hydrogen-bond acceptors (Lipinski definition) is 3. The number of rotatable bonds is 1. The van der Waals surface area contributed by atoms with Crippen molar-refractivity contribution in [1.29, 1.82) is 0 Å². The lowest BCUT2D eigenvalue weighted by Gasteiger charge is -2.24. The highest BCUT2D eigenvalue weighted by Crippen LogP contribution is 2.23. The number of hydrogen-bond donors (Lipinski definition) is 1. The molecule has 1 aliphatic heterocycles. The minimum Gasteiger partial charge on any atom is -0.371 e. The zero-order valence-electron chi connectivity index (χ0n) is 7.16. The molecule has 0 aromatic carbocycles. The van der Waals surface area contributed by atoms with E-state index in [4.69, 9.17) is 16.3 Å². The monoisotopic (exact) mass is 198 g/mol. The van der Waals surface area contributed by atoms with Gasteiger partial charge in [-0.3, -0.25) is 0 Å². The second-order valence-corrected chi connectivity index (χ2v) is 3.31. The molecule has 1 aromatic heterocycles. The molecule has 70 valence electrons. The molecule has 4 heteroatoms. The number of morpholine rings is 1. The van der Waals surface area contributed by atoms with Gasteiger partial charge in [-0.2, -0.15) is 0 Å². The fourth-order valence-electron chi connectivity index (χ4n) is 1.40. The second kappa shape index (κ2) is 4.05. The van der Waals surface area contributed by atoms with E-state index in [0.717, 1.165) is 25.3 Å². The first-order chi connectivity index (χ1) is 6.38. The predicted octanol–water partition coefficient (Wildman–Crippen LogP) is 1.40. The van der Waals surface area contributed by atoms with Gasteiger partial charge < -0.3 is 10.1 Å². The highest BCUT2D eigenvalue weighted by atomic mass is 35.5. The minimum absolute atomic E-state index is 0.0509. The Hall–Kier alpha value is -0.640. The van der Waals surface area contributed by atoms with Gasteiger partial charge in [0, 0.05) is 24.8 Å². The summed E-state index contributed by atoms with van der Waals surface area (Å²) in [6.45, 7) is 2.45. The standard InChI is InChI=1S/C9H11ClN2O/c10-9-7(2-1-3-12-9)8-6-11-4-5-13-8/h1-3,8,11H,4-6H2. The van der Waals surface area contributed by atoms with E-state index >= 15 is 0 Å². The van der Waals surface area contributed by atoms with Crippen molar-refractivity contribution in [2.75, 3.05) is 19.7 Å². The van der Waals surface area contributed by atoms with E-state index in [-0.39, 0.29) is 6.10 Å². The van der Waals surface area contributed by atoms with Crippen LogP contribution in [0, 0.1) is 0 Å². The maximum Gasteiger partial charge on any atom is 0.134 e. The van der Waals surface area contributed by atoms with Gasteiger partial charge in [0.15, 0.2) is 0 Å². The number of aromatic nitrogens is 1.